The van der Waals surface area contributed by atoms with Crippen LogP contribution in [0.25, 0.3) is 0 Å². The van der Waals surface area contributed by atoms with Crippen molar-refractivity contribution in [3.8, 4) is 0 Å². The molecule has 0 saturated carbocycles. The minimum atomic E-state index is -0.956. The van der Waals surface area contributed by atoms with Gasteiger partial charge in [0, 0.05) is 17.3 Å². The zero-order chi connectivity index (χ0) is 13.4. The fourth-order valence-corrected chi connectivity index (χ4v) is 1.99. The SMILES string of the molecule is O=C1OC(Nc2ccc(F)c(F)c2)c2ccccc21. The monoisotopic (exact) mass is 261 g/mol. The number of hydrogen-bond acceptors (Lipinski definition) is 3. The molecule has 5 heteroatoms. The molecular weight excluding hydrogens is 252 g/mol. The van der Waals surface area contributed by atoms with E-state index in [1.54, 1.807) is 24.3 Å². The summed E-state index contributed by atoms with van der Waals surface area (Å²) in [5.41, 5.74) is 1.49. The molecule has 1 aliphatic rings. The molecule has 0 radical (unpaired) electrons. The Labute approximate surface area is 107 Å². The van der Waals surface area contributed by atoms with E-state index in [9.17, 15) is 13.6 Å². The van der Waals surface area contributed by atoms with Gasteiger partial charge in [0.25, 0.3) is 0 Å². The lowest BCUT2D eigenvalue weighted by Crippen LogP contribution is -2.10. The molecule has 1 atom stereocenters. The standard InChI is InChI=1S/C14H9F2NO2/c15-11-6-5-8(7-12(11)16)17-13-9-3-1-2-4-10(9)14(18)19-13/h1-7,13,17H. The van der Waals surface area contributed by atoms with Gasteiger partial charge < -0.3 is 10.1 Å². The summed E-state index contributed by atoms with van der Waals surface area (Å²) >= 11 is 0. The van der Waals surface area contributed by atoms with Gasteiger partial charge in [-0.05, 0) is 18.2 Å². The number of rotatable bonds is 2. The van der Waals surface area contributed by atoms with E-state index in [0.717, 1.165) is 12.1 Å². The Morgan fingerprint density at radius 1 is 1.05 bits per heavy atom. The molecule has 0 aliphatic carbocycles. The normalized spacial score (nSPS) is 16.9. The fraction of sp³-hybridized carbons (Fsp3) is 0.0714. The molecule has 0 fully saturated rings. The van der Waals surface area contributed by atoms with E-state index in [4.69, 9.17) is 4.74 Å². The number of cyclic esters (lactones) is 1. The summed E-state index contributed by atoms with van der Waals surface area (Å²) in [5, 5.41) is 2.85. The molecular formula is C14H9F2NO2. The third-order valence-electron chi connectivity index (χ3n) is 2.91. The van der Waals surface area contributed by atoms with Gasteiger partial charge in [-0.3, -0.25) is 0 Å². The van der Waals surface area contributed by atoms with E-state index in [-0.39, 0.29) is 0 Å². The second kappa shape index (κ2) is 4.35. The van der Waals surface area contributed by atoms with Crippen molar-refractivity contribution in [2.45, 2.75) is 6.23 Å². The van der Waals surface area contributed by atoms with Crippen LogP contribution in [0.5, 0.6) is 0 Å². The molecule has 0 bridgehead atoms. The molecule has 0 saturated heterocycles. The van der Waals surface area contributed by atoms with E-state index in [0.29, 0.717) is 16.8 Å². The molecule has 0 amide bonds. The van der Waals surface area contributed by atoms with Gasteiger partial charge in [-0.25, -0.2) is 13.6 Å². The lowest BCUT2D eigenvalue weighted by Gasteiger charge is -2.14. The first kappa shape index (κ1) is 11.6. The zero-order valence-electron chi connectivity index (χ0n) is 9.69. The maximum Gasteiger partial charge on any atom is 0.340 e. The molecule has 19 heavy (non-hydrogen) atoms. The van der Waals surface area contributed by atoms with Crippen molar-refractivity contribution in [2.24, 2.45) is 0 Å². The number of esters is 1. The van der Waals surface area contributed by atoms with Crippen molar-refractivity contribution in [1.82, 2.24) is 0 Å². The van der Waals surface area contributed by atoms with Crippen LogP contribution in [0.2, 0.25) is 0 Å². The highest BCUT2D eigenvalue weighted by molar-refractivity contribution is 5.94. The summed E-state index contributed by atoms with van der Waals surface area (Å²) in [7, 11) is 0. The second-order valence-corrected chi connectivity index (χ2v) is 4.15. The molecule has 1 aliphatic heterocycles. The first-order valence-corrected chi connectivity index (χ1v) is 5.66. The number of carbonyl (C=O) groups is 1. The summed E-state index contributed by atoms with van der Waals surface area (Å²) in [5.74, 6) is -2.31. The van der Waals surface area contributed by atoms with Crippen LogP contribution < -0.4 is 5.32 Å². The first-order chi connectivity index (χ1) is 9.15. The third-order valence-corrected chi connectivity index (χ3v) is 2.91. The van der Waals surface area contributed by atoms with E-state index in [1.807, 2.05) is 0 Å². The minimum Gasteiger partial charge on any atom is -0.434 e. The molecule has 1 unspecified atom stereocenters. The predicted molar refractivity (Wildman–Crippen MR) is 64.6 cm³/mol. The number of fused-ring (bicyclic) bond motifs is 1. The van der Waals surface area contributed by atoms with Crippen LogP contribution in [0.3, 0.4) is 0 Å². The Hall–Kier alpha value is -2.43. The van der Waals surface area contributed by atoms with Gasteiger partial charge in [0.2, 0.25) is 6.23 Å². The number of anilines is 1. The maximum absolute atomic E-state index is 13.1. The van der Waals surface area contributed by atoms with Crippen molar-refractivity contribution in [1.29, 1.82) is 0 Å². The van der Waals surface area contributed by atoms with E-state index < -0.39 is 23.8 Å². The third kappa shape index (κ3) is 2.03. The first-order valence-electron chi connectivity index (χ1n) is 5.66. The lowest BCUT2D eigenvalue weighted by molar-refractivity contribution is 0.0437. The van der Waals surface area contributed by atoms with Gasteiger partial charge in [-0.2, -0.15) is 0 Å². The van der Waals surface area contributed by atoms with Crippen molar-refractivity contribution >= 4 is 11.7 Å². The van der Waals surface area contributed by atoms with Gasteiger partial charge >= 0.3 is 5.97 Å². The number of halogens is 2. The van der Waals surface area contributed by atoms with Crippen molar-refractivity contribution in [3.63, 3.8) is 0 Å². The van der Waals surface area contributed by atoms with Gasteiger partial charge in [-0.1, -0.05) is 18.2 Å². The molecule has 3 nitrogen and oxygen atoms in total. The number of carbonyl (C=O) groups excluding carboxylic acids is 1. The number of ether oxygens (including phenoxy) is 1. The Morgan fingerprint density at radius 2 is 1.84 bits per heavy atom. The minimum absolute atomic E-state index is 0.341. The summed E-state index contributed by atoms with van der Waals surface area (Å²) in [6.07, 6.45) is -0.687. The highest BCUT2D eigenvalue weighted by atomic mass is 19.2. The summed E-state index contributed by atoms with van der Waals surface area (Å²) in [6.45, 7) is 0. The largest absolute Gasteiger partial charge is 0.434 e. The van der Waals surface area contributed by atoms with Crippen LogP contribution in [0.15, 0.2) is 42.5 Å². The zero-order valence-corrected chi connectivity index (χ0v) is 9.69. The maximum atomic E-state index is 13.1. The fourth-order valence-electron chi connectivity index (χ4n) is 1.99. The number of nitrogens with one attached hydrogen (secondary N) is 1. The van der Waals surface area contributed by atoms with Gasteiger partial charge in [0.1, 0.15) is 0 Å². The van der Waals surface area contributed by atoms with E-state index >= 15 is 0 Å². The molecule has 1 heterocycles. The smallest absolute Gasteiger partial charge is 0.340 e. The topological polar surface area (TPSA) is 38.3 Å². The van der Waals surface area contributed by atoms with Gasteiger partial charge in [0.05, 0.1) is 5.56 Å². The number of benzene rings is 2. The molecule has 3 rings (SSSR count). The van der Waals surface area contributed by atoms with E-state index in [2.05, 4.69) is 5.32 Å². The van der Waals surface area contributed by atoms with Crippen LogP contribution >= 0.6 is 0 Å². The van der Waals surface area contributed by atoms with E-state index in [1.165, 1.54) is 6.07 Å². The quantitative estimate of drug-likeness (QED) is 0.843. The Morgan fingerprint density at radius 3 is 2.63 bits per heavy atom. The Bertz CT molecular complexity index is 658. The molecule has 2 aromatic carbocycles. The molecule has 1 N–H and O–H groups in total. The van der Waals surface area contributed by atoms with Gasteiger partial charge in [-0.15, -0.1) is 0 Å². The van der Waals surface area contributed by atoms with Crippen molar-refractivity contribution in [2.75, 3.05) is 5.32 Å². The second-order valence-electron chi connectivity index (χ2n) is 4.15. The van der Waals surface area contributed by atoms with Crippen LogP contribution in [-0.4, -0.2) is 5.97 Å². The molecule has 0 spiro atoms. The van der Waals surface area contributed by atoms with Crippen LogP contribution in [0, 0.1) is 11.6 Å². The van der Waals surface area contributed by atoms with Crippen molar-refractivity contribution < 1.29 is 18.3 Å². The lowest BCUT2D eigenvalue weighted by atomic mass is 10.1. The molecule has 2 aromatic rings. The highest BCUT2D eigenvalue weighted by Gasteiger charge is 2.30. The van der Waals surface area contributed by atoms with Crippen molar-refractivity contribution in [3.05, 3.63) is 65.2 Å². The summed E-state index contributed by atoms with van der Waals surface area (Å²) in [6, 6.07) is 10.3. The summed E-state index contributed by atoms with van der Waals surface area (Å²) in [4.78, 5) is 11.6. The average molecular weight is 261 g/mol. The highest BCUT2D eigenvalue weighted by Crippen LogP contribution is 2.31. The average Bonchev–Trinajstić information content (AvgIpc) is 2.72. The van der Waals surface area contributed by atoms with Crippen LogP contribution in [0.1, 0.15) is 22.1 Å². The molecule has 0 aromatic heterocycles. The summed E-state index contributed by atoms with van der Waals surface area (Å²) < 4.78 is 31.1. The predicted octanol–water partition coefficient (Wildman–Crippen LogP) is 3.25. The number of hydrogen-bond donors (Lipinski definition) is 1. The van der Waals surface area contributed by atoms with Crippen LogP contribution in [0.4, 0.5) is 14.5 Å². The van der Waals surface area contributed by atoms with Crippen LogP contribution in [-0.2, 0) is 4.74 Å². The van der Waals surface area contributed by atoms with Gasteiger partial charge in [0.15, 0.2) is 11.6 Å². The Balaban J connectivity index is 1.89. The molecule has 96 valence electrons. The Kier molecular flexibility index (Phi) is 2.67.